The molecule has 0 spiro atoms. The van der Waals surface area contributed by atoms with Crippen LogP contribution in [0.2, 0.25) is 0 Å². The molecule has 0 aliphatic heterocycles. The molecule has 5 heteroatoms. The summed E-state index contributed by atoms with van der Waals surface area (Å²) in [5.74, 6) is -0.331. The summed E-state index contributed by atoms with van der Waals surface area (Å²) in [5, 5.41) is 3.79. The van der Waals surface area contributed by atoms with Gasteiger partial charge < -0.3 is 5.32 Å². The Morgan fingerprint density at radius 3 is 2.89 bits per heavy atom. The van der Waals surface area contributed by atoms with E-state index in [0.717, 1.165) is 9.88 Å². The van der Waals surface area contributed by atoms with E-state index in [2.05, 4.69) is 10.3 Å². The van der Waals surface area contributed by atoms with Gasteiger partial charge in [0.2, 0.25) is 5.91 Å². The summed E-state index contributed by atoms with van der Waals surface area (Å²) in [6, 6.07) is 6.53. The number of benzene rings is 1. The van der Waals surface area contributed by atoms with Crippen molar-refractivity contribution in [2.75, 3.05) is 0 Å². The van der Waals surface area contributed by atoms with Gasteiger partial charge in [0, 0.05) is 17.5 Å². The van der Waals surface area contributed by atoms with Gasteiger partial charge in [-0.3, -0.25) is 4.79 Å². The Morgan fingerprint density at radius 1 is 1.42 bits per heavy atom. The first-order valence-corrected chi connectivity index (χ1v) is 6.88. The van der Waals surface area contributed by atoms with Crippen molar-refractivity contribution in [2.24, 2.45) is 0 Å². The van der Waals surface area contributed by atoms with E-state index in [1.165, 1.54) is 6.07 Å². The van der Waals surface area contributed by atoms with Gasteiger partial charge in [-0.25, -0.2) is 9.37 Å². The molecule has 19 heavy (non-hydrogen) atoms. The Morgan fingerprint density at radius 2 is 2.21 bits per heavy atom. The molecule has 0 unspecified atom stereocenters. The highest BCUT2D eigenvalue weighted by atomic mass is 32.1. The number of rotatable bonds is 5. The normalized spacial score (nSPS) is 10.4. The van der Waals surface area contributed by atoms with Crippen LogP contribution in [0.5, 0.6) is 0 Å². The Balaban J connectivity index is 1.77. The van der Waals surface area contributed by atoms with E-state index >= 15 is 0 Å². The van der Waals surface area contributed by atoms with E-state index in [1.54, 1.807) is 35.7 Å². The molecule has 1 heterocycles. The summed E-state index contributed by atoms with van der Waals surface area (Å²) in [5.41, 5.74) is 0.575. The zero-order chi connectivity index (χ0) is 13.7. The van der Waals surface area contributed by atoms with E-state index in [0.29, 0.717) is 24.9 Å². The fraction of sp³-hybridized carbons (Fsp3) is 0.286. The zero-order valence-electron chi connectivity index (χ0n) is 10.6. The van der Waals surface area contributed by atoms with Gasteiger partial charge in [-0.05, 0) is 25.0 Å². The molecule has 3 nitrogen and oxygen atoms in total. The van der Waals surface area contributed by atoms with Crippen LogP contribution in [0.1, 0.15) is 21.9 Å². The summed E-state index contributed by atoms with van der Waals surface area (Å²) < 4.78 is 13.4. The Bertz CT molecular complexity index is 568. The summed E-state index contributed by atoms with van der Waals surface area (Å²) in [6.45, 7) is 2.41. The standard InChI is InChI=1S/C14H15FN2OS/c1-10-16-8-12(19-10)9-17-14(18)7-6-11-4-2-3-5-13(11)15/h2-5,8H,6-7,9H2,1H3,(H,17,18). The lowest BCUT2D eigenvalue weighted by Crippen LogP contribution is -2.22. The monoisotopic (exact) mass is 278 g/mol. The van der Waals surface area contributed by atoms with Gasteiger partial charge in [0.05, 0.1) is 11.6 Å². The van der Waals surface area contributed by atoms with Crippen molar-refractivity contribution in [1.29, 1.82) is 0 Å². The Hall–Kier alpha value is -1.75. The topological polar surface area (TPSA) is 42.0 Å². The summed E-state index contributed by atoms with van der Waals surface area (Å²) in [6.07, 6.45) is 2.47. The predicted octanol–water partition coefficient (Wildman–Crippen LogP) is 2.84. The van der Waals surface area contributed by atoms with Gasteiger partial charge in [0.1, 0.15) is 5.82 Å². The molecule has 1 aromatic heterocycles. The number of hydrogen-bond acceptors (Lipinski definition) is 3. The van der Waals surface area contributed by atoms with E-state index in [4.69, 9.17) is 0 Å². The van der Waals surface area contributed by atoms with Gasteiger partial charge in [0.15, 0.2) is 0 Å². The number of nitrogens with one attached hydrogen (secondary N) is 1. The van der Waals surface area contributed by atoms with Crippen molar-refractivity contribution in [3.05, 3.63) is 51.7 Å². The maximum atomic E-state index is 13.4. The number of nitrogens with zero attached hydrogens (tertiary/aromatic N) is 1. The lowest BCUT2D eigenvalue weighted by molar-refractivity contribution is -0.121. The number of hydrogen-bond donors (Lipinski definition) is 1. The number of carbonyl (C=O) groups excluding carboxylic acids is 1. The highest BCUT2D eigenvalue weighted by molar-refractivity contribution is 7.11. The van der Waals surface area contributed by atoms with Crippen molar-refractivity contribution in [1.82, 2.24) is 10.3 Å². The van der Waals surface area contributed by atoms with Crippen LogP contribution < -0.4 is 5.32 Å². The van der Waals surface area contributed by atoms with Crippen LogP contribution in [-0.4, -0.2) is 10.9 Å². The molecular weight excluding hydrogens is 263 g/mol. The fourth-order valence-corrected chi connectivity index (χ4v) is 2.45. The summed E-state index contributed by atoms with van der Waals surface area (Å²) >= 11 is 1.56. The van der Waals surface area contributed by atoms with Gasteiger partial charge >= 0.3 is 0 Å². The zero-order valence-corrected chi connectivity index (χ0v) is 11.5. The molecule has 0 radical (unpaired) electrons. The molecule has 0 aliphatic carbocycles. The first-order chi connectivity index (χ1) is 9.15. The van der Waals surface area contributed by atoms with Crippen LogP contribution in [-0.2, 0) is 17.8 Å². The smallest absolute Gasteiger partial charge is 0.220 e. The predicted molar refractivity (Wildman–Crippen MR) is 73.4 cm³/mol. The van der Waals surface area contributed by atoms with Gasteiger partial charge in [-0.15, -0.1) is 11.3 Å². The minimum atomic E-state index is -0.256. The highest BCUT2D eigenvalue weighted by Crippen LogP contribution is 2.11. The molecule has 0 aliphatic rings. The maximum Gasteiger partial charge on any atom is 0.220 e. The van der Waals surface area contributed by atoms with Crippen LogP contribution in [0, 0.1) is 12.7 Å². The molecular formula is C14H15FN2OS. The van der Waals surface area contributed by atoms with Crippen molar-refractivity contribution >= 4 is 17.2 Å². The second kappa shape index (κ2) is 6.43. The number of thiazole rings is 1. The average Bonchev–Trinajstić information content (AvgIpc) is 2.81. The maximum absolute atomic E-state index is 13.4. The molecule has 0 fully saturated rings. The van der Waals surface area contributed by atoms with E-state index < -0.39 is 0 Å². The van der Waals surface area contributed by atoms with Crippen molar-refractivity contribution < 1.29 is 9.18 Å². The Kier molecular flexibility index (Phi) is 4.63. The molecule has 100 valence electrons. The highest BCUT2D eigenvalue weighted by Gasteiger charge is 2.06. The number of aryl methyl sites for hydroxylation is 2. The molecule has 0 saturated heterocycles. The van der Waals surface area contributed by atoms with Gasteiger partial charge in [-0.2, -0.15) is 0 Å². The van der Waals surface area contributed by atoms with Gasteiger partial charge in [-0.1, -0.05) is 18.2 Å². The minimum Gasteiger partial charge on any atom is -0.351 e. The quantitative estimate of drug-likeness (QED) is 0.913. The van der Waals surface area contributed by atoms with Gasteiger partial charge in [0.25, 0.3) is 0 Å². The third-order valence-corrected chi connectivity index (χ3v) is 3.62. The van der Waals surface area contributed by atoms with Crippen molar-refractivity contribution in [2.45, 2.75) is 26.3 Å². The van der Waals surface area contributed by atoms with Crippen LogP contribution in [0.4, 0.5) is 4.39 Å². The molecule has 1 aromatic carbocycles. The van der Waals surface area contributed by atoms with Crippen LogP contribution in [0.15, 0.2) is 30.5 Å². The summed E-state index contributed by atoms with van der Waals surface area (Å²) in [7, 11) is 0. The lowest BCUT2D eigenvalue weighted by Gasteiger charge is -2.04. The number of carbonyl (C=O) groups is 1. The average molecular weight is 278 g/mol. The van der Waals surface area contributed by atoms with Crippen molar-refractivity contribution in [3.63, 3.8) is 0 Å². The molecule has 0 bridgehead atoms. The molecule has 0 saturated carbocycles. The van der Waals surface area contributed by atoms with Crippen LogP contribution >= 0.6 is 11.3 Å². The van der Waals surface area contributed by atoms with E-state index in [1.807, 2.05) is 6.92 Å². The number of amides is 1. The fourth-order valence-electron chi connectivity index (χ4n) is 1.71. The molecule has 1 N–H and O–H groups in total. The largest absolute Gasteiger partial charge is 0.351 e. The Labute approximate surface area is 115 Å². The number of halogens is 1. The molecule has 0 atom stereocenters. The second-order valence-corrected chi connectivity index (χ2v) is 5.53. The molecule has 2 aromatic rings. The second-order valence-electron chi connectivity index (χ2n) is 4.21. The van der Waals surface area contributed by atoms with Crippen LogP contribution in [0.3, 0.4) is 0 Å². The third-order valence-electron chi connectivity index (χ3n) is 2.71. The summed E-state index contributed by atoms with van der Waals surface area (Å²) in [4.78, 5) is 16.8. The minimum absolute atomic E-state index is 0.0747. The third kappa shape index (κ3) is 4.13. The first kappa shape index (κ1) is 13.7. The first-order valence-electron chi connectivity index (χ1n) is 6.06. The SMILES string of the molecule is Cc1ncc(CNC(=O)CCc2ccccc2F)s1. The van der Waals surface area contributed by atoms with Crippen LogP contribution in [0.25, 0.3) is 0 Å². The molecule has 1 amide bonds. The van der Waals surface area contributed by atoms with E-state index in [9.17, 15) is 9.18 Å². The number of aromatic nitrogens is 1. The van der Waals surface area contributed by atoms with Crippen molar-refractivity contribution in [3.8, 4) is 0 Å². The lowest BCUT2D eigenvalue weighted by atomic mass is 10.1. The van der Waals surface area contributed by atoms with E-state index in [-0.39, 0.29) is 11.7 Å². The molecule has 2 rings (SSSR count).